The third-order valence-electron chi connectivity index (χ3n) is 3.54. The van der Waals surface area contributed by atoms with Crippen LogP contribution in [0.5, 0.6) is 11.5 Å². The van der Waals surface area contributed by atoms with Gasteiger partial charge < -0.3 is 9.47 Å². The Hall–Kier alpha value is -2.79. The van der Waals surface area contributed by atoms with Crippen LogP contribution in [0.1, 0.15) is 17.3 Å². The van der Waals surface area contributed by atoms with Gasteiger partial charge in [-0.25, -0.2) is 0 Å². The van der Waals surface area contributed by atoms with E-state index in [2.05, 4.69) is 0 Å². The highest BCUT2D eigenvalue weighted by atomic mass is 35.5. The molecule has 122 valence electrons. The number of carbonyl (C=O) groups excluding carboxylic acids is 2. The lowest BCUT2D eigenvalue weighted by atomic mass is 10.2. The average molecular weight is 344 g/mol. The van der Waals surface area contributed by atoms with Crippen molar-refractivity contribution in [2.75, 3.05) is 7.11 Å². The fourth-order valence-corrected chi connectivity index (χ4v) is 2.57. The molecule has 24 heavy (non-hydrogen) atoms. The van der Waals surface area contributed by atoms with Gasteiger partial charge in [-0.2, -0.15) is 0 Å². The third kappa shape index (κ3) is 2.98. The molecule has 3 rings (SSSR count). The molecule has 0 spiro atoms. The van der Waals surface area contributed by atoms with E-state index in [4.69, 9.17) is 21.1 Å². The Kier molecular flexibility index (Phi) is 4.27. The van der Waals surface area contributed by atoms with Gasteiger partial charge in [0.1, 0.15) is 5.75 Å². The topological polar surface area (TPSA) is 57.5 Å². The maximum absolute atomic E-state index is 12.8. The summed E-state index contributed by atoms with van der Waals surface area (Å²) in [5.41, 5.74) is 1.09. The van der Waals surface area contributed by atoms with Gasteiger partial charge in [-0.15, -0.1) is 0 Å². The van der Waals surface area contributed by atoms with E-state index in [0.29, 0.717) is 33.0 Å². The van der Waals surface area contributed by atoms with E-state index >= 15 is 0 Å². The van der Waals surface area contributed by atoms with Gasteiger partial charge in [0.15, 0.2) is 5.75 Å². The lowest BCUT2D eigenvalue weighted by molar-refractivity contribution is -0.131. The van der Waals surface area contributed by atoms with Crippen LogP contribution in [0.15, 0.2) is 48.7 Å². The molecule has 0 saturated heterocycles. The van der Waals surface area contributed by atoms with Crippen LogP contribution in [0.2, 0.25) is 5.02 Å². The summed E-state index contributed by atoms with van der Waals surface area (Å²) < 4.78 is 11.9. The molecule has 1 aromatic heterocycles. The minimum absolute atomic E-state index is 0.250. The van der Waals surface area contributed by atoms with Gasteiger partial charge in [0.2, 0.25) is 0 Å². The lowest BCUT2D eigenvalue weighted by Crippen LogP contribution is -2.10. The van der Waals surface area contributed by atoms with E-state index in [9.17, 15) is 9.59 Å². The fraction of sp³-hybridized carbons (Fsp3) is 0.111. The van der Waals surface area contributed by atoms with Crippen LogP contribution in [0.25, 0.3) is 10.9 Å². The number of aromatic nitrogens is 1. The highest BCUT2D eigenvalue weighted by molar-refractivity contribution is 6.30. The van der Waals surface area contributed by atoms with Crippen LogP contribution in [-0.4, -0.2) is 23.6 Å². The van der Waals surface area contributed by atoms with E-state index in [1.54, 1.807) is 49.6 Å². The Bertz CT molecular complexity index is 928. The molecule has 1 heterocycles. The minimum Gasteiger partial charge on any atom is -0.497 e. The van der Waals surface area contributed by atoms with E-state index in [1.165, 1.54) is 17.7 Å². The van der Waals surface area contributed by atoms with E-state index in [-0.39, 0.29) is 5.91 Å². The number of fused-ring (bicyclic) bond motifs is 1. The van der Waals surface area contributed by atoms with Crippen molar-refractivity contribution < 1.29 is 19.1 Å². The van der Waals surface area contributed by atoms with Crippen molar-refractivity contribution in [1.82, 2.24) is 4.57 Å². The number of rotatable bonds is 3. The van der Waals surface area contributed by atoms with Crippen LogP contribution in [-0.2, 0) is 4.79 Å². The standard InChI is InChI=1S/C18H14ClNO4/c1-11(21)24-17-10-20(16-8-7-14(23-2)9-15(16)17)18(22)12-3-5-13(19)6-4-12/h3-10H,1-2H3. The highest BCUT2D eigenvalue weighted by Crippen LogP contribution is 2.32. The first kappa shape index (κ1) is 16.1. The average Bonchev–Trinajstić information content (AvgIpc) is 2.92. The summed E-state index contributed by atoms with van der Waals surface area (Å²) in [5.74, 6) is 0.197. The molecule has 2 aromatic carbocycles. The summed E-state index contributed by atoms with van der Waals surface area (Å²) in [7, 11) is 1.54. The van der Waals surface area contributed by atoms with Crippen molar-refractivity contribution in [1.29, 1.82) is 0 Å². The Morgan fingerprint density at radius 3 is 2.42 bits per heavy atom. The smallest absolute Gasteiger partial charge is 0.308 e. The van der Waals surface area contributed by atoms with Crippen molar-refractivity contribution in [3.05, 3.63) is 59.2 Å². The van der Waals surface area contributed by atoms with Gasteiger partial charge in [0.05, 0.1) is 18.8 Å². The predicted octanol–water partition coefficient (Wildman–Crippen LogP) is 3.92. The first-order chi connectivity index (χ1) is 11.5. The molecule has 0 saturated carbocycles. The van der Waals surface area contributed by atoms with Crippen LogP contribution in [0, 0.1) is 0 Å². The van der Waals surface area contributed by atoms with Gasteiger partial charge in [0, 0.05) is 22.9 Å². The van der Waals surface area contributed by atoms with Crippen LogP contribution in [0.3, 0.4) is 0 Å². The molecule has 0 unspecified atom stereocenters. The SMILES string of the molecule is COc1ccc2c(c1)c(OC(C)=O)cn2C(=O)c1ccc(Cl)cc1. The number of carbonyl (C=O) groups is 2. The molecular weight excluding hydrogens is 330 g/mol. The summed E-state index contributed by atoms with van der Waals surface area (Å²) in [6, 6.07) is 11.8. The maximum Gasteiger partial charge on any atom is 0.308 e. The molecule has 0 radical (unpaired) electrons. The molecule has 3 aromatic rings. The van der Waals surface area contributed by atoms with Crippen LogP contribution >= 0.6 is 11.6 Å². The number of esters is 1. The van der Waals surface area contributed by atoms with Gasteiger partial charge in [-0.3, -0.25) is 14.2 Å². The van der Waals surface area contributed by atoms with Crippen molar-refractivity contribution >= 4 is 34.4 Å². The minimum atomic E-state index is -0.462. The first-order valence-corrected chi connectivity index (χ1v) is 7.55. The molecule has 0 amide bonds. The summed E-state index contributed by atoms with van der Waals surface area (Å²) in [6.45, 7) is 1.31. The largest absolute Gasteiger partial charge is 0.497 e. The summed E-state index contributed by atoms with van der Waals surface area (Å²) in [5, 5.41) is 1.17. The van der Waals surface area contributed by atoms with Crippen molar-refractivity contribution in [2.24, 2.45) is 0 Å². The van der Waals surface area contributed by atoms with Gasteiger partial charge in [-0.1, -0.05) is 11.6 Å². The second kappa shape index (κ2) is 6.37. The lowest BCUT2D eigenvalue weighted by Gasteiger charge is -2.05. The molecule has 0 bridgehead atoms. The van der Waals surface area contributed by atoms with Crippen LogP contribution in [0.4, 0.5) is 0 Å². The van der Waals surface area contributed by atoms with E-state index < -0.39 is 5.97 Å². The third-order valence-corrected chi connectivity index (χ3v) is 3.79. The fourth-order valence-electron chi connectivity index (χ4n) is 2.44. The number of hydrogen-bond donors (Lipinski definition) is 0. The number of hydrogen-bond acceptors (Lipinski definition) is 4. The van der Waals surface area contributed by atoms with Gasteiger partial charge in [0.25, 0.3) is 5.91 Å². The van der Waals surface area contributed by atoms with Crippen LogP contribution < -0.4 is 9.47 Å². The zero-order valence-corrected chi connectivity index (χ0v) is 13.8. The van der Waals surface area contributed by atoms with Crippen molar-refractivity contribution in [3.8, 4) is 11.5 Å². The molecule has 0 fully saturated rings. The second-order valence-electron chi connectivity index (χ2n) is 5.15. The Labute approximate surface area is 143 Å². The van der Waals surface area contributed by atoms with Crippen molar-refractivity contribution in [3.63, 3.8) is 0 Å². The number of ether oxygens (including phenoxy) is 2. The second-order valence-corrected chi connectivity index (χ2v) is 5.59. The first-order valence-electron chi connectivity index (χ1n) is 7.17. The maximum atomic E-state index is 12.8. The molecule has 0 aliphatic heterocycles. The zero-order valence-electron chi connectivity index (χ0n) is 13.1. The summed E-state index contributed by atoms with van der Waals surface area (Å²) in [4.78, 5) is 24.1. The quantitative estimate of drug-likeness (QED) is 0.676. The highest BCUT2D eigenvalue weighted by Gasteiger charge is 2.18. The number of methoxy groups -OCH3 is 1. The molecule has 5 nitrogen and oxygen atoms in total. The predicted molar refractivity (Wildman–Crippen MR) is 91.0 cm³/mol. The van der Waals surface area contributed by atoms with Gasteiger partial charge in [-0.05, 0) is 42.5 Å². The summed E-state index contributed by atoms with van der Waals surface area (Å²) in [6.07, 6.45) is 1.50. The number of nitrogens with zero attached hydrogens (tertiary/aromatic N) is 1. The Morgan fingerprint density at radius 1 is 1.08 bits per heavy atom. The number of benzene rings is 2. The number of halogens is 1. The molecular formula is C18H14ClNO4. The van der Waals surface area contributed by atoms with E-state index in [0.717, 1.165) is 0 Å². The normalized spacial score (nSPS) is 10.6. The molecule has 0 N–H and O–H groups in total. The molecule has 0 aliphatic carbocycles. The Balaban J connectivity index is 2.15. The molecule has 0 aliphatic rings. The van der Waals surface area contributed by atoms with Gasteiger partial charge >= 0.3 is 5.97 Å². The van der Waals surface area contributed by atoms with E-state index in [1.807, 2.05) is 0 Å². The summed E-state index contributed by atoms with van der Waals surface area (Å²) >= 11 is 5.86. The molecule has 6 heteroatoms. The monoisotopic (exact) mass is 343 g/mol. The zero-order chi connectivity index (χ0) is 17.3. The molecule has 0 atom stereocenters. The van der Waals surface area contributed by atoms with Crippen molar-refractivity contribution in [2.45, 2.75) is 6.92 Å². The Morgan fingerprint density at radius 2 is 1.79 bits per heavy atom.